The second kappa shape index (κ2) is 10.9. The van der Waals surface area contributed by atoms with Gasteiger partial charge >= 0.3 is 5.97 Å². The van der Waals surface area contributed by atoms with Crippen molar-refractivity contribution in [2.75, 3.05) is 17.7 Å². The normalized spacial score (nSPS) is 11.1. The second-order valence-corrected chi connectivity index (χ2v) is 10.9. The Hall–Kier alpha value is -3.15. The monoisotopic (exact) mass is 543 g/mol. The molecule has 0 atom stereocenters. The number of hydrogen-bond acceptors (Lipinski definition) is 9. The van der Waals surface area contributed by atoms with Crippen LogP contribution in [0.4, 0.5) is 5.00 Å². The molecule has 1 N–H and O–H groups in total. The van der Waals surface area contributed by atoms with Crippen molar-refractivity contribution in [1.82, 2.24) is 9.55 Å². The Morgan fingerprint density at radius 3 is 2.75 bits per heavy atom. The van der Waals surface area contributed by atoms with E-state index in [2.05, 4.69) is 16.9 Å². The van der Waals surface area contributed by atoms with Gasteiger partial charge in [0.15, 0.2) is 5.16 Å². The number of furan rings is 1. The summed E-state index contributed by atoms with van der Waals surface area (Å²) in [6.07, 6.45) is 1.63. The summed E-state index contributed by atoms with van der Waals surface area (Å²) in [5.41, 5.74) is 1.59. The van der Waals surface area contributed by atoms with Crippen LogP contribution >= 0.6 is 34.4 Å². The molecular weight excluding hydrogens is 518 g/mol. The first-order valence-corrected chi connectivity index (χ1v) is 13.8. The van der Waals surface area contributed by atoms with Crippen molar-refractivity contribution in [2.24, 2.45) is 0 Å². The van der Waals surface area contributed by atoms with Crippen molar-refractivity contribution >= 4 is 61.5 Å². The number of nitrogens with zero attached hydrogens (tertiary/aromatic N) is 2. The van der Waals surface area contributed by atoms with Crippen molar-refractivity contribution in [3.05, 3.63) is 62.3 Å². The fourth-order valence-corrected chi connectivity index (χ4v) is 6.45. The maximum atomic E-state index is 13.1. The Balaban J connectivity index is 1.59. The van der Waals surface area contributed by atoms with Gasteiger partial charge in [0.1, 0.15) is 26.9 Å². The fourth-order valence-electron chi connectivity index (χ4n) is 3.62. The summed E-state index contributed by atoms with van der Waals surface area (Å²) in [5, 5.41) is 5.99. The van der Waals surface area contributed by atoms with Gasteiger partial charge in [0.2, 0.25) is 5.91 Å². The molecule has 0 spiro atoms. The van der Waals surface area contributed by atoms with Crippen LogP contribution in [0.5, 0.6) is 0 Å². The van der Waals surface area contributed by atoms with Gasteiger partial charge in [-0.1, -0.05) is 17.8 Å². The highest BCUT2D eigenvalue weighted by Crippen LogP contribution is 2.37. The van der Waals surface area contributed by atoms with Crippen LogP contribution in [-0.2, 0) is 16.1 Å². The molecule has 0 aliphatic carbocycles. The third-order valence-electron chi connectivity index (χ3n) is 5.43. The molecule has 0 radical (unpaired) electrons. The molecule has 4 aromatic heterocycles. The molecule has 0 saturated heterocycles. The second-order valence-electron chi connectivity index (χ2n) is 7.88. The summed E-state index contributed by atoms with van der Waals surface area (Å²) in [4.78, 5) is 45.1. The van der Waals surface area contributed by atoms with Gasteiger partial charge in [-0.3, -0.25) is 14.2 Å². The van der Waals surface area contributed by atoms with Gasteiger partial charge in [-0.05, 0) is 45.4 Å². The number of nitrogens with one attached hydrogen (secondary N) is 1. The molecule has 0 bridgehead atoms. The van der Waals surface area contributed by atoms with E-state index in [4.69, 9.17) is 9.15 Å². The van der Waals surface area contributed by atoms with Crippen molar-refractivity contribution < 1.29 is 18.7 Å². The Morgan fingerprint density at radius 1 is 1.31 bits per heavy atom. The maximum Gasteiger partial charge on any atom is 0.341 e. The van der Waals surface area contributed by atoms with E-state index in [9.17, 15) is 14.4 Å². The largest absolute Gasteiger partial charge is 0.462 e. The van der Waals surface area contributed by atoms with Crippen LogP contribution in [0.15, 0.2) is 44.5 Å². The number of carbonyl (C=O) groups is 2. The molecule has 0 fully saturated rings. The van der Waals surface area contributed by atoms with E-state index in [0.29, 0.717) is 37.5 Å². The lowest BCUT2D eigenvalue weighted by atomic mass is 10.1. The van der Waals surface area contributed by atoms with Gasteiger partial charge in [0.25, 0.3) is 5.56 Å². The van der Waals surface area contributed by atoms with Crippen molar-refractivity contribution in [2.45, 2.75) is 39.4 Å². The highest BCUT2D eigenvalue weighted by Gasteiger charge is 2.25. The highest BCUT2D eigenvalue weighted by atomic mass is 32.2. The third kappa shape index (κ3) is 5.04. The minimum absolute atomic E-state index is 0.00616. The Morgan fingerprint density at radius 2 is 2.08 bits per heavy atom. The number of hydrogen-bond donors (Lipinski definition) is 1. The van der Waals surface area contributed by atoms with Gasteiger partial charge in [0.05, 0.1) is 17.7 Å². The lowest BCUT2D eigenvalue weighted by molar-refractivity contribution is -0.113. The number of rotatable bonds is 9. The molecule has 4 aromatic rings. The SMILES string of the molecule is C=CCn1c(SCC(=O)Nc2scc(-c3ccc(C)o3)c2C(=O)OCC)nc2sc(C)c(C)c2c1=O. The van der Waals surface area contributed by atoms with Crippen molar-refractivity contribution in [3.8, 4) is 11.3 Å². The molecule has 0 aliphatic heterocycles. The summed E-state index contributed by atoms with van der Waals surface area (Å²) < 4.78 is 12.4. The van der Waals surface area contributed by atoms with Crippen LogP contribution in [0.3, 0.4) is 0 Å². The molecule has 0 aromatic carbocycles. The molecule has 0 saturated carbocycles. The smallest absolute Gasteiger partial charge is 0.341 e. The number of thioether (sulfide) groups is 1. The van der Waals surface area contributed by atoms with Crippen LogP contribution in [-0.4, -0.2) is 33.8 Å². The molecule has 36 heavy (non-hydrogen) atoms. The van der Waals surface area contributed by atoms with Gasteiger partial charge in [-0.2, -0.15) is 0 Å². The Kier molecular flexibility index (Phi) is 7.82. The summed E-state index contributed by atoms with van der Waals surface area (Å²) in [5.74, 6) is 0.343. The van der Waals surface area contributed by atoms with E-state index < -0.39 is 5.97 Å². The molecule has 188 valence electrons. The zero-order valence-corrected chi connectivity index (χ0v) is 22.7. The molecule has 4 rings (SSSR count). The number of anilines is 1. The molecule has 1 amide bonds. The molecule has 8 nitrogen and oxygen atoms in total. The first-order chi connectivity index (χ1) is 17.2. The van der Waals surface area contributed by atoms with Crippen LogP contribution in [0.2, 0.25) is 0 Å². The van der Waals surface area contributed by atoms with E-state index in [1.165, 1.54) is 27.2 Å². The number of aromatic nitrogens is 2. The number of fused-ring (bicyclic) bond motifs is 1. The van der Waals surface area contributed by atoms with E-state index in [0.717, 1.165) is 22.2 Å². The average molecular weight is 544 g/mol. The number of amides is 1. The van der Waals surface area contributed by atoms with Gasteiger partial charge in [0, 0.05) is 22.4 Å². The van der Waals surface area contributed by atoms with Crippen LogP contribution in [0.25, 0.3) is 21.5 Å². The lowest BCUT2D eigenvalue weighted by Crippen LogP contribution is -2.23. The number of allylic oxidation sites excluding steroid dienone is 1. The molecule has 0 aliphatic rings. The Labute approximate surface area is 220 Å². The summed E-state index contributed by atoms with van der Waals surface area (Å²) in [7, 11) is 0. The first-order valence-electron chi connectivity index (χ1n) is 11.1. The van der Waals surface area contributed by atoms with Crippen LogP contribution < -0.4 is 10.9 Å². The number of ether oxygens (including phenoxy) is 1. The summed E-state index contributed by atoms with van der Waals surface area (Å²) in [6.45, 7) is 11.6. The van der Waals surface area contributed by atoms with Gasteiger partial charge < -0.3 is 14.5 Å². The standard InChI is InChI=1S/C25H25N3O5S3/c1-6-10-28-23(30)19-14(4)15(5)36-22(19)27-25(28)35-12-18(29)26-21-20(24(31)32-7-2)16(11-34-21)17-9-8-13(3)33-17/h6,8-9,11H,1,7,10,12H2,2-5H3,(H,26,29). The Bertz CT molecular complexity index is 1530. The van der Waals surface area contributed by atoms with Crippen molar-refractivity contribution in [1.29, 1.82) is 0 Å². The lowest BCUT2D eigenvalue weighted by Gasteiger charge is -2.11. The van der Waals surface area contributed by atoms with Crippen LogP contribution in [0.1, 0.15) is 33.5 Å². The number of thiophene rings is 2. The number of carbonyl (C=O) groups excluding carboxylic acids is 2. The minimum Gasteiger partial charge on any atom is -0.462 e. The van der Waals surface area contributed by atoms with E-state index >= 15 is 0 Å². The number of aryl methyl sites for hydroxylation is 3. The van der Waals surface area contributed by atoms with Gasteiger partial charge in [-0.15, -0.1) is 29.3 Å². The van der Waals surface area contributed by atoms with E-state index in [1.54, 1.807) is 30.5 Å². The quantitative estimate of drug-likeness (QED) is 0.123. The predicted molar refractivity (Wildman–Crippen MR) is 146 cm³/mol. The molecule has 11 heteroatoms. The highest BCUT2D eigenvalue weighted by molar-refractivity contribution is 7.99. The molecule has 0 unspecified atom stereocenters. The summed E-state index contributed by atoms with van der Waals surface area (Å²) >= 11 is 3.84. The molecular formula is C25H25N3O5S3. The molecule has 4 heterocycles. The fraction of sp³-hybridized carbons (Fsp3) is 0.280. The average Bonchev–Trinajstić information content (AvgIpc) is 3.52. The van der Waals surface area contributed by atoms with Crippen molar-refractivity contribution in [3.63, 3.8) is 0 Å². The minimum atomic E-state index is -0.541. The first kappa shape index (κ1) is 25.9. The topological polar surface area (TPSA) is 103 Å². The third-order valence-corrected chi connectivity index (χ3v) is 8.40. The zero-order chi connectivity index (χ0) is 26.0. The zero-order valence-electron chi connectivity index (χ0n) is 20.3. The predicted octanol–water partition coefficient (Wildman–Crippen LogP) is 5.80. The van der Waals surface area contributed by atoms with E-state index in [-0.39, 0.29) is 35.9 Å². The van der Waals surface area contributed by atoms with Crippen LogP contribution in [0, 0.1) is 20.8 Å². The summed E-state index contributed by atoms with van der Waals surface area (Å²) in [6, 6.07) is 3.58. The maximum absolute atomic E-state index is 13.1. The van der Waals surface area contributed by atoms with E-state index in [1.807, 2.05) is 20.8 Å². The number of esters is 1. The van der Waals surface area contributed by atoms with Gasteiger partial charge in [-0.25, -0.2) is 9.78 Å².